The van der Waals surface area contributed by atoms with Crippen molar-refractivity contribution < 1.29 is 9.84 Å². The van der Waals surface area contributed by atoms with Gasteiger partial charge in [0.05, 0.1) is 6.26 Å². The van der Waals surface area contributed by atoms with E-state index in [0.29, 0.717) is 12.2 Å². The van der Waals surface area contributed by atoms with Gasteiger partial charge in [0.25, 0.3) is 0 Å². The normalized spacial score (nSPS) is 17.3. The molecule has 0 radical (unpaired) electrons. The summed E-state index contributed by atoms with van der Waals surface area (Å²) < 4.78 is 5.35. The number of hydrogen-bond acceptors (Lipinski definition) is 4. The molecule has 1 aliphatic rings. The molecular weight excluding hydrogens is 252 g/mol. The molecule has 20 heavy (non-hydrogen) atoms. The van der Waals surface area contributed by atoms with Gasteiger partial charge in [0.1, 0.15) is 23.7 Å². The number of aliphatic hydroxyl groups excluding tert-OH is 1. The van der Waals surface area contributed by atoms with Gasteiger partial charge in [0.2, 0.25) is 0 Å². The molecule has 100 valence electrons. The standard InChI is InChI=1S/C16H14N2O2/c1-2-3-4-5-10-20-15-8-6-13(7-9-15)16(19)14(11-17)12-18/h2-6,8-10,13,19H,1,7H2/b4-3-,10-5+. The molecule has 0 saturated heterocycles. The van der Waals surface area contributed by atoms with Crippen LogP contribution in [0.15, 0.2) is 72.5 Å². The second-order valence-corrected chi connectivity index (χ2v) is 3.86. The Bertz CT molecular complexity index is 577. The first kappa shape index (κ1) is 15.1. The van der Waals surface area contributed by atoms with Crippen molar-refractivity contribution in [3.8, 4) is 12.1 Å². The van der Waals surface area contributed by atoms with Gasteiger partial charge in [-0.3, -0.25) is 0 Å². The van der Waals surface area contributed by atoms with E-state index in [1.54, 1.807) is 54.7 Å². The van der Waals surface area contributed by atoms with E-state index in [4.69, 9.17) is 15.3 Å². The lowest BCUT2D eigenvalue weighted by molar-refractivity contribution is 0.337. The maximum Gasteiger partial charge on any atom is 0.167 e. The highest BCUT2D eigenvalue weighted by Crippen LogP contribution is 2.24. The summed E-state index contributed by atoms with van der Waals surface area (Å²) in [4.78, 5) is 0. The second-order valence-electron chi connectivity index (χ2n) is 3.86. The minimum Gasteiger partial charge on any atom is -0.510 e. The van der Waals surface area contributed by atoms with Crippen molar-refractivity contribution in [1.82, 2.24) is 0 Å². The summed E-state index contributed by atoms with van der Waals surface area (Å²) in [7, 11) is 0. The molecule has 1 unspecified atom stereocenters. The van der Waals surface area contributed by atoms with Crippen molar-refractivity contribution in [2.45, 2.75) is 6.42 Å². The van der Waals surface area contributed by atoms with Crippen LogP contribution < -0.4 is 0 Å². The van der Waals surface area contributed by atoms with Gasteiger partial charge in [-0.15, -0.1) is 0 Å². The average molecular weight is 266 g/mol. The van der Waals surface area contributed by atoms with Gasteiger partial charge >= 0.3 is 0 Å². The molecule has 4 nitrogen and oxygen atoms in total. The lowest BCUT2D eigenvalue weighted by atomic mass is 9.95. The van der Waals surface area contributed by atoms with E-state index >= 15 is 0 Å². The summed E-state index contributed by atoms with van der Waals surface area (Å²) in [5.74, 6) is 0.0834. The Morgan fingerprint density at radius 2 is 2.10 bits per heavy atom. The Hall–Kier alpha value is -2.98. The van der Waals surface area contributed by atoms with Gasteiger partial charge in [-0.2, -0.15) is 10.5 Å². The average Bonchev–Trinajstić information content (AvgIpc) is 2.49. The van der Waals surface area contributed by atoms with Crippen LogP contribution in [0.25, 0.3) is 0 Å². The number of allylic oxidation sites excluding steroid dienone is 8. The summed E-state index contributed by atoms with van der Waals surface area (Å²) in [5.41, 5.74) is -0.258. The Morgan fingerprint density at radius 3 is 2.65 bits per heavy atom. The summed E-state index contributed by atoms with van der Waals surface area (Å²) >= 11 is 0. The first-order chi connectivity index (χ1) is 9.72. The predicted octanol–water partition coefficient (Wildman–Crippen LogP) is 3.58. The molecule has 1 rings (SSSR count). The zero-order valence-corrected chi connectivity index (χ0v) is 10.9. The summed E-state index contributed by atoms with van der Waals surface area (Å²) in [5, 5.41) is 27.2. The fraction of sp³-hybridized carbons (Fsp3) is 0.125. The van der Waals surface area contributed by atoms with Crippen molar-refractivity contribution in [3.63, 3.8) is 0 Å². The van der Waals surface area contributed by atoms with Crippen LogP contribution in [0.5, 0.6) is 0 Å². The monoisotopic (exact) mass is 266 g/mol. The molecule has 4 heteroatoms. The lowest BCUT2D eigenvalue weighted by Gasteiger charge is -2.14. The topological polar surface area (TPSA) is 77.0 Å². The Balaban J connectivity index is 2.62. The molecular formula is C16H14N2O2. The summed E-state index contributed by atoms with van der Waals surface area (Å²) in [6.45, 7) is 3.54. The van der Waals surface area contributed by atoms with Crippen molar-refractivity contribution in [2.24, 2.45) is 5.92 Å². The first-order valence-corrected chi connectivity index (χ1v) is 5.95. The molecule has 1 N–H and O–H groups in total. The number of aliphatic hydroxyl groups is 1. The number of nitrogens with zero attached hydrogens (tertiary/aromatic N) is 2. The largest absolute Gasteiger partial charge is 0.510 e. The second kappa shape index (κ2) is 8.18. The summed E-state index contributed by atoms with van der Waals surface area (Å²) in [6.07, 6.45) is 14.1. The molecule has 0 saturated carbocycles. The molecule has 0 spiro atoms. The van der Waals surface area contributed by atoms with Crippen molar-refractivity contribution >= 4 is 0 Å². The molecule has 0 aliphatic heterocycles. The van der Waals surface area contributed by atoms with Gasteiger partial charge in [0, 0.05) is 5.92 Å². The van der Waals surface area contributed by atoms with Crippen LogP contribution in [0.3, 0.4) is 0 Å². The lowest BCUT2D eigenvalue weighted by Crippen LogP contribution is -2.06. The number of nitriles is 2. The third kappa shape index (κ3) is 4.36. The van der Waals surface area contributed by atoms with E-state index in [1.165, 1.54) is 6.26 Å². The zero-order chi connectivity index (χ0) is 14.8. The molecule has 0 fully saturated rings. The fourth-order valence-electron chi connectivity index (χ4n) is 1.52. The molecule has 0 bridgehead atoms. The molecule has 0 heterocycles. The number of hydrogen-bond donors (Lipinski definition) is 1. The minimum atomic E-state index is -0.360. The molecule has 1 atom stereocenters. The van der Waals surface area contributed by atoms with Crippen molar-refractivity contribution in [2.75, 3.05) is 0 Å². The molecule has 0 amide bonds. The van der Waals surface area contributed by atoms with Crippen molar-refractivity contribution in [1.29, 1.82) is 10.5 Å². The third-order valence-electron chi connectivity index (χ3n) is 2.54. The van der Waals surface area contributed by atoms with Crippen LogP contribution in [-0.2, 0) is 4.74 Å². The molecule has 1 aliphatic carbocycles. The van der Waals surface area contributed by atoms with E-state index in [0.717, 1.165) is 0 Å². The van der Waals surface area contributed by atoms with Gasteiger partial charge in [-0.1, -0.05) is 30.9 Å². The van der Waals surface area contributed by atoms with Crippen LogP contribution >= 0.6 is 0 Å². The maximum absolute atomic E-state index is 9.77. The Morgan fingerprint density at radius 1 is 1.35 bits per heavy atom. The number of rotatable bonds is 5. The minimum absolute atomic E-state index is 0.203. The van der Waals surface area contributed by atoms with E-state index in [2.05, 4.69) is 6.58 Å². The predicted molar refractivity (Wildman–Crippen MR) is 75.8 cm³/mol. The molecule has 0 aromatic heterocycles. The Kier molecular flexibility index (Phi) is 6.17. The van der Waals surface area contributed by atoms with Gasteiger partial charge < -0.3 is 9.84 Å². The van der Waals surface area contributed by atoms with E-state index in [-0.39, 0.29) is 17.3 Å². The highest BCUT2D eigenvalue weighted by molar-refractivity contribution is 5.40. The smallest absolute Gasteiger partial charge is 0.167 e. The van der Waals surface area contributed by atoms with Crippen LogP contribution in [0.2, 0.25) is 0 Å². The van der Waals surface area contributed by atoms with Gasteiger partial charge in [-0.25, -0.2) is 0 Å². The van der Waals surface area contributed by atoms with E-state index < -0.39 is 0 Å². The SMILES string of the molecule is C=C/C=C\C=C\OC1=CCC(C(O)=C(C#N)C#N)C=C1. The zero-order valence-electron chi connectivity index (χ0n) is 10.9. The van der Waals surface area contributed by atoms with Crippen LogP contribution in [0, 0.1) is 28.6 Å². The fourth-order valence-corrected chi connectivity index (χ4v) is 1.52. The van der Waals surface area contributed by atoms with E-state index in [1.807, 2.05) is 0 Å². The van der Waals surface area contributed by atoms with Crippen molar-refractivity contribution in [3.05, 3.63) is 72.5 Å². The highest BCUT2D eigenvalue weighted by atomic mass is 16.5. The molecule has 0 aromatic carbocycles. The maximum atomic E-state index is 9.77. The van der Waals surface area contributed by atoms with Crippen LogP contribution in [0.1, 0.15) is 6.42 Å². The molecule has 0 aromatic rings. The first-order valence-electron chi connectivity index (χ1n) is 5.95. The number of ether oxygens (including phenoxy) is 1. The Labute approximate surface area is 118 Å². The third-order valence-corrected chi connectivity index (χ3v) is 2.54. The van der Waals surface area contributed by atoms with Gasteiger partial charge in [0.15, 0.2) is 5.57 Å². The van der Waals surface area contributed by atoms with Crippen LogP contribution in [-0.4, -0.2) is 5.11 Å². The summed E-state index contributed by atoms with van der Waals surface area (Å²) in [6, 6.07) is 3.34. The highest BCUT2D eigenvalue weighted by Gasteiger charge is 2.17. The van der Waals surface area contributed by atoms with Gasteiger partial charge in [-0.05, 0) is 24.6 Å². The quantitative estimate of drug-likeness (QED) is 0.468. The van der Waals surface area contributed by atoms with E-state index in [9.17, 15) is 5.11 Å². The van der Waals surface area contributed by atoms with Crippen LogP contribution in [0.4, 0.5) is 0 Å².